The maximum atomic E-state index is 5.59. The van der Waals surface area contributed by atoms with Gasteiger partial charge in [-0.2, -0.15) is 5.10 Å². The molecule has 0 aliphatic rings. The second-order valence-corrected chi connectivity index (χ2v) is 2.91. The van der Waals surface area contributed by atoms with E-state index in [1.807, 2.05) is 12.1 Å². The van der Waals surface area contributed by atoms with Gasteiger partial charge in [0.25, 0.3) is 0 Å². The Labute approximate surface area is 81.6 Å². The number of nitrogens with zero attached hydrogens (tertiary/aromatic N) is 4. The lowest BCUT2D eigenvalue weighted by Gasteiger charge is -2.05. The molecule has 0 aromatic carbocycles. The largest absolute Gasteiger partial charge is 0.326 e. The molecule has 0 atom stereocenters. The van der Waals surface area contributed by atoms with Crippen LogP contribution < -0.4 is 5.73 Å². The van der Waals surface area contributed by atoms with E-state index in [0.717, 1.165) is 11.3 Å². The van der Waals surface area contributed by atoms with E-state index in [9.17, 15) is 0 Å². The summed E-state index contributed by atoms with van der Waals surface area (Å²) < 4.78 is 1.72. The lowest BCUT2D eigenvalue weighted by Crippen LogP contribution is -2.08. The average molecular weight is 189 g/mol. The molecule has 2 aromatic heterocycles. The van der Waals surface area contributed by atoms with Crippen LogP contribution in [0.1, 0.15) is 11.3 Å². The minimum absolute atomic E-state index is 0.498. The molecule has 0 amide bonds. The highest BCUT2D eigenvalue weighted by atomic mass is 15.3. The minimum atomic E-state index is 0.498. The fourth-order valence-corrected chi connectivity index (χ4v) is 1.27. The molecule has 0 unspecified atom stereocenters. The average Bonchev–Trinajstić information content (AvgIpc) is 2.71. The molecule has 0 radical (unpaired) electrons. The molecule has 2 N–H and O–H groups in total. The van der Waals surface area contributed by atoms with Gasteiger partial charge >= 0.3 is 0 Å². The van der Waals surface area contributed by atoms with Gasteiger partial charge in [0.05, 0.1) is 12.2 Å². The molecule has 0 saturated heterocycles. The summed E-state index contributed by atoms with van der Waals surface area (Å²) >= 11 is 0. The van der Waals surface area contributed by atoms with Crippen molar-refractivity contribution in [2.45, 2.75) is 13.1 Å². The molecule has 0 spiro atoms. The fraction of sp³-hybridized carbons (Fsp3) is 0.222. The van der Waals surface area contributed by atoms with Crippen molar-refractivity contribution in [3.8, 4) is 0 Å². The molecule has 0 fully saturated rings. The van der Waals surface area contributed by atoms with Crippen LogP contribution in [0.4, 0.5) is 0 Å². The summed E-state index contributed by atoms with van der Waals surface area (Å²) in [7, 11) is 0. The topological polar surface area (TPSA) is 69.6 Å². The van der Waals surface area contributed by atoms with Gasteiger partial charge < -0.3 is 5.73 Å². The van der Waals surface area contributed by atoms with E-state index in [-0.39, 0.29) is 0 Å². The Morgan fingerprint density at radius 2 is 2.36 bits per heavy atom. The van der Waals surface area contributed by atoms with Crippen LogP contribution in [0.2, 0.25) is 0 Å². The van der Waals surface area contributed by atoms with E-state index >= 15 is 0 Å². The molecule has 5 nitrogen and oxygen atoms in total. The first kappa shape index (κ1) is 8.83. The lowest BCUT2D eigenvalue weighted by atomic mass is 10.2. The molecule has 14 heavy (non-hydrogen) atoms. The summed E-state index contributed by atoms with van der Waals surface area (Å²) in [6.45, 7) is 1.12. The van der Waals surface area contributed by atoms with E-state index in [1.54, 1.807) is 17.2 Å². The number of pyridine rings is 1. The van der Waals surface area contributed by atoms with E-state index in [2.05, 4.69) is 15.1 Å². The van der Waals surface area contributed by atoms with Crippen LogP contribution in [0.25, 0.3) is 0 Å². The van der Waals surface area contributed by atoms with Gasteiger partial charge in [-0.15, -0.1) is 0 Å². The molecule has 0 aliphatic heterocycles. The number of hydrogen-bond donors (Lipinski definition) is 1. The Kier molecular flexibility index (Phi) is 2.51. The number of hydrogen-bond acceptors (Lipinski definition) is 4. The van der Waals surface area contributed by atoms with Crippen molar-refractivity contribution >= 4 is 0 Å². The Bertz CT molecular complexity index is 395. The Morgan fingerprint density at radius 1 is 1.43 bits per heavy atom. The lowest BCUT2D eigenvalue weighted by molar-refractivity contribution is 0.664. The smallest absolute Gasteiger partial charge is 0.137 e. The zero-order chi connectivity index (χ0) is 9.80. The van der Waals surface area contributed by atoms with Crippen molar-refractivity contribution in [3.05, 3.63) is 42.2 Å². The predicted molar refractivity (Wildman–Crippen MR) is 51.3 cm³/mol. The molecular formula is C9H11N5. The van der Waals surface area contributed by atoms with Gasteiger partial charge in [-0.25, -0.2) is 9.67 Å². The zero-order valence-corrected chi connectivity index (χ0v) is 7.67. The molecule has 0 bridgehead atoms. The van der Waals surface area contributed by atoms with Gasteiger partial charge in [0.15, 0.2) is 0 Å². The van der Waals surface area contributed by atoms with E-state index < -0.39 is 0 Å². The van der Waals surface area contributed by atoms with Crippen molar-refractivity contribution in [1.29, 1.82) is 0 Å². The van der Waals surface area contributed by atoms with Crippen LogP contribution in [0.15, 0.2) is 31.0 Å². The van der Waals surface area contributed by atoms with Crippen LogP contribution in [-0.2, 0) is 13.1 Å². The first-order chi connectivity index (χ1) is 6.90. The Balaban J connectivity index is 2.24. The van der Waals surface area contributed by atoms with Crippen molar-refractivity contribution in [1.82, 2.24) is 19.7 Å². The van der Waals surface area contributed by atoms with Gasteiger partial charge in [0.1, 0.15) is 12.7 Å². The molecular weight excluding hydrogens is 178 g/mol. The first-order valence-electron chi connectivity index (χ1n) is 4.35. The van der Waals surface area contributed by atoms with Gasteiger partial charge in [0, 0.05) is 12.7 Å². The summed E-state index contributed by atoms with van der Waals surface area (Å²) in [5.74, 6) is 0. The predicted octanol–water partition coefficient (Wildman–Crippen LogP) is 0.180. The van der Waals surface area contributed by atoms with Gasteiger partial charge in [0.2, 0.25) is 0 Å². The first-order valence-corrected chi connectivity index (χ1v) is 4.35. The van der Waals surface area contributed by atoms with Gasteiger partial charge in [-0.1, -0.05) is 6.07 Å². The monoisotopic (exact) mass is 189 g/mol. The molecule has 2 rings (SSSR count). The SMILES string of the molecule is NCc1cccnc1Cn1cncn1. The quantitative estimate of drug-likeness (QED) is 0.747. The molecule has 2 heterocycles. The van der Waals surface area contributed by atoms with Crippen LogP contribution >= 0.6 is 0 Å². The van der Waals surface area contributed by atoms with Gasteiger partial charge in [-0.05, 0) is 11.6 Å². The Hall–Kier alpha value is -1.75. The highest BCUT2D eigenvalue weighted by Gasteiger charge is 2.02. The second kappa shape index (κ2) is 3.97. The standard InChI is InChI=1S/C9H11N5/c10-4-8-2-1-3-12-9(8)5-14-7-11-6-13-14/h1-3,6-7H,4-5,10H2. The van der Waals surface area contributed by atoms with Crippen molar-refractivity contribution in [2.24, 2.45) is 5.73 Å². The molecule has 72 valence electrons. The third-order valence-corrected chi connectivity index (χ3v) is 1.98. The fourth-order valence-electron chi connectivity index (χ4n) is 1.27. The maximum Gasteiger partial charge on any atom is 0.137 e. The third-order valence-electron chi connectivity index (χ3n) is 1.98. The molecule has 0 saturated carbocycles. The van der Waals surface area contributed by atoms with Gasteiger partial charge in [-0.3, -0.25) is 4.98 Å². The summed E-state index contributed by atoms with van der Waals surface area (Å²) in [5, 5.41) is 4.01. The van der Waals surface area contributed by atoms with Crippen molar-refractivity contribution < 1.29 is 0 Å². The van der Waals surface area contributed by atoms with E-state index in [4.69, 9.17) is 5.73 Å². The Morgan fingerprint density at radius 3 is 3.07 bits per heavy atom. The minimum Gasteiger partial charge on any atom is -0.326 e. The third kappa shape index (κ3) is 1.77. The summed E-state index contributed by atoms with van der Waals surface area (Å²) in [4.78, 5) is 8.12. The number of nitrogens with two attached hydrogens (primary N) is 1. The number of rotatable bonds is 3. The van der Waals surface area contributed by atoms with Crippen LogP contribution in [0.5, 0.6) is 0 Å². The molecule has 2 aromatic rings. The molecule has 0 aliphatic carbocycles. The summed E-state index contributed by atoms with van der Waals surface area (Å²) in [6, 6.07) is 3.85. The highest BCUT2D eigenvalue weighted by Crippen LogP contribution is 2.05. The number of aromatic nitrogens is 4. The van der Waals surface area contributed by atoms with E-state index in [1.165, 1.54) is 6.33 Å². The zero-order valence-electron chi connectivity index (χ0n) is 7.67. The van der Waals surface area contributed by atoms with Crippen molar-refractivity contribution in [3.63, 3.8) is 0 Å². The van der Waals surface area contributed by atoms with E-state index in [0.29, 0.717) is 13.1 Å². The normalized spacial score (nSPS) is 10.4. The van der Waals surface area contributed by atoms with Crippen LogP contribution in [0.3, 0.4) is 0 Å². The summed E-state index contributed by atoms with van der Waals surface area (Å²) in [6.07, 6.45) is 4.92. The van der Waals surface area contributed by atoms with Crippen LogP contribution in [-0.4, -0.2) is 19.7 Å². The van der Waals surface area contributed by atoms with Crippen LogP contribution in [0, 0.1) is 0 Å². The molecule has 5 heteroatoms. The highest BCUT2D eigenvalue weighted by molar-refractivity contribution is 5.19. The summed E-state index contributed by atoms with van der Waals surface area (Å²) in [5.41, 5.74) is 7.58. The second-order valence-electron chi connectivity index (χ2n) is 2.91. The maximum absolute atomic E-state index is 5.59. The van der Waals surface area contributed by atoms with Crippen molar-refractivity contribution in [2.75, 3.05) is 0 Å².